The van der Waals surface area contributed by atoms with E-state index in [4.69, 9.17) is 26.8 Å². The summed E-state index contributed by atoms with van der Waals surface area (Å²) in [6.07, 6.45) is 1.49. The van der Waals surface area contributed by atoms with Crippen molar-refractivity contribution in [1.82, 2.24) is 19.8 Å². The molecule has 0 saturated carbocycles. The number of hydrogen-bond donors (Lipinski definition) is 3. The van der Waals surface area contributed by atoms with Crippen molar-refractivity contribution in [3.63, 3.8) is 0 Å². The van der Waals surface area contributed by atoms with Gasteiger partial charge < -0.3 is 35.3 Å². The first-order valence-electron chi connectivity index (χ1n) is 12.0. The van der Waals surface area contributed by atoms with Gasteiger partial charge in [-0.05, 0) is 31.9 Å². The zero-order chi connectivity index (χ0) is 26.4. The van der Waals surface area contributed by atoms with Gasteiger partial charge in [-0.15, -0.1) is 0 Å². The number of aromatic nitrogens is 2. The van der Waals surface area contributed by atoms with Crippen LogP contribution in [0.4, 0.5) is 28.8 Å². The van der Waals surface area contributed by atoms with E-state index in [2.05, 4.69) is 37.4 Å². The number of halogens is 1. The van der Waals surface area contributed by atoms with E-state index < -0.39 is 7.80 Å². The minimum Gasteiger partial charge on any atom is -0.494 e. The Bertz CT molecular complexity index is 1250. The van der Waals surface area contributed by atoms with Crippen molar-refractivity contribution < 1.29 is 14.0 Å². The van der Waals surface area contributed by atoms with Crippen LogP contribution in [0.3, 0.4) is 0 Å². The fraction of sp³-hybridized carbons (Fsp3) is 0.360. The number of nitrogen functional groups attached to an aromatic ring is 1. The van der Waals surface area contributed by atoms with Crippen LogP contribution in [0.25, 0.3) is 0 Å². The fourth-order valence-corrected chi connectivity index (χ4v) is 4.98. The lowest BCUT2D eigenvalue weighted by Crippen LogP contribution is -2.45. The second-order valence-electron chi connectivity index (χ2n) is 8.83. The third kappa shape index (κ3) is 7.05. The minimum absolute atomic E-state index is 0.287. The Kier molecular flexibility index (Phi) is 9.10. The van der Waals surface area contributed by atoms with Crippen LogP contribution in [-0.4, -0.2) is 79.9 Å². The molecule has 198 valence electrons. The van der Waals surface area contributed by atoms with E-state index in [9.17, 15) is 4.57 Å². The molecule has 0 aliphatic carbocycles. The summed E-state index contributed by atoms with van der Waals surface area (Å²) in [5.74, 6) is 1.76. The molecule has 1 unspecified atom stereocenters. The molecule has 4 rings (SSSR count). The first-order valence-corrected chi connectivity index (χ1v) is 14.3. The smallest absolute Gasteiger partial charge is 0.229 e. The summed E-state index contributed by atoms with van der Waals surface area (Å²) in [6, 6.07) is 10.8. The largest absolute Gasteiger partial charge is 0.494 e. The molecule has 37 heavy (non-hydrogen) atoms. The van der Waals surface area contributed by atoms with Crippen molar-refractivity contribution in [1.29, 1.82) is 0 Å². The number of nitrogens with two attached hydrogens (primary N) is 1. The highest BCUT2D eigenvalue weighted by atomic mass is 35.5. The zero-order valence-corrected chi connectivity index (χ0v) is 23.0. The number of anilines is 5. The van der Waals surface area contributed by atoms with Gasteiger partial charge in [-0.2, -0.15) is 4.98 Å². The summed E-state index contributed by atoms with van der Waals surface area (Å²) in [5.41, 5.74) is 8.03. The van der Waals surface area contributed by atoms with Gasteiger partial charge >= 0.3 is 0 Å². The average Bonchev–Trinajstić information content (AvgIpc) is 2.88. The maximum Gasteiger partial charge on any atom is 0.229 e. The van der Waals surface area contributed by atoms with E-state index in [0.717, 1.165) is 32.7 Å². The molecule has 4 N–H and O–H groups in total. The van der Waals surface area contributed by atoms with Crippen LogP contribution in [0.5, 0.6) is 11.5 Å². The number of ether oxygens (including phenoxy) is 2. The van der Waals surface area contributed by atoms with E-state index >= 15 is 0 Å². The second-order valence-corrected chi connectivity index (χ2v) is 10.9. The van der Waals surface area contributed by atoms with Crippen molar-refractivity contribution >= 4 is 53.5 Å². The first-order chi connectivity index (χ1) is 17.8. The predicted molar refractivity (Wildman–Crippen MR) is 151 cm³/mol. The number of methoxy groups -OCH3 is 1. The zero-order valence-electron chi connectivity index (χ0n) is 21.3. The second kappa shape index (κ2) is 12.5. The molecular formula is C25H33ClN7O3P. The topological polar surface area (TPSA) is 118 Å². The molecule has 3 aromatic rings. The molecule has 0 spiro atoms. The normalized spacial score (nSPS) is 15.2. The van der Waals surface area contributed by atoms with Crippen molar-refractivity contribution in [2.75, 3.05) is 76.5 Å². The monoisotopic (exact) mass is 545 g/mol. The lowest BCUT2D eigenvalue weighted by Gasteiger charge is -2.32. The number of para-hydroxylation sites is 1. The third-order valence-electron chi connectivity index (χ3n) is 6.14. The van der Waals surface area contributed by atoms with E-state index in [1.807, 2.05) is 24.3 Å². The first kappa shape index (κ1) is 27.0. The molecule has 0 amide bonds. The standard InChI is InChI=1S/C25H33ClN7O3P/c1-32-8-10-33(11-9-32)12-13-36-21-15-22(35-2)20(14-18(21)27)30-25-28-16-17(26)24(31-25)29-19-6-4-5-7-23(19)37(3)34/h4-7,14-16,37H,8-13,27H2,1-3H3,(H2,28,29,30,31). The minimum atomic E-state index is -1.93. The van der Waals surface area contributed by atoms with Crippen LogP contribution in [0.15, 0.2) is 42.6 Å². The number of nitrogens with one attached hydrogen (secondary N) is 2. The van der Waals surface area contributed by atoms with Gasteiger partial charge in [0.15, 0.2) is 5.82 Å². The molecular weight excluding hydrogens is 513 g/mol. The maximum absolute atomic E-state index is 12.2. The quantitative estimate of drug-likeness (QED) is 0.257. The summed E-state index contributed by atoms with van der Waals surface area (Å²) in [5, 5.41) is 7.36. The van der Waals surface area contributed by atoms with Gasteiger partial charge in [-0.25, -0.2) is 4.98 Å². The SMILES string of the molecule is COc1cc(OCCN2CCN(C)CC2)c(N)cc1Nc1ncc(Cl)c(Nc2ccccc2[PH](C)=O)n1. The average molecular weight is 546 g/mol. The molecule has 1 aromatic heterocycles. The Labute approximate surface area is 222 Å². The Morgan fingerprint density at radius 2 is 1.86 bits per heavy atom. The molecule has 2 aromatic carbocycles. The van der Waals surface area contributed by atoms with Gasteiger partial charge in [-0.1, -0.05) is 23.7 Å². The summed E-state index contributed by atoms with van der Waals surface area (Å²) >= 11 is 6.35. The highest BCUT2D eigenvalue weighted by Gasteiger charge is 2.16. The molecule has 0 bridgehead atoms. The van der Waals surface area contributed by atoms with Crippen LogP contribution in [0.2, 0.25) is 5.02 Å². The number of benzene rings is 2. The number of piperazine rings is 1. The Hall–Kier alpha value is -3.04. The molecule has 1 fully saturated rings. The van der Waals surface area contributed by atoms with Gasteiger partial charge in [0.2, 0.25) is 5.95 Å². The Morgan fingerprint density at radius 1 is 1.11 bits per heavy atom. The van der Waals surface area contributed by atoms with E-state index in [0.29, 0.717) is 51.3 Å². The van der Waals surface area contributed by atoms with Crippen LogP contribution in [-0.2, 0) is 4.57 Å². The predicted octanol–water partition coefficient (Wildman–Crippen LogP) is 3.65. The number of rotatable bonds is 10. The molecule has 2 heterocycles. The van der Waals surface area contributed by atoms with E-state index in [1.165, 1.54) is 6.20 Å². The molecule has 1 saturated heterocycles. The fourth-order valence-electron chi connectivity index (χ4n) is 3.99. The van der Waals surface area contributed by atoms with Crippen LogP contribution in [0.1, 0.15) is 0 Å². The molecule has 10 nitrogen and oxygen atoms in total. The molecule has 12 heteroatoms. The van der Waals surface area contributed by atoms with Gasteiger partial charge in [0.25, 0.3) is 0 Å². The van der Waals surface area contributed by atoms with Gasteiger partial charge in [-0.3, -0.25) is 4.90 Å². The van der Waals surface area contributed by atoms with Crippen molar-refractivity contribution in [3.8, 4) is 11.5 Å². The number of likely N-dealkylation sites (N-methyl/N-ethyl adjacent to an activating group) is 1. The third-order valence-corrected chi connectivity index (χ3v) is 7.61. The van der Waals surface area contributed by atoms with E-state index in [1.54, 1.807) is 25.9 Å². The summed E-state index contributed by atoms with van der Waals surface area (Å²) in [7, 11) is 1.78. The number of nitrogens with zero attached hydrogens (tertiary/aromatic N) is 4. The van der Waals surface area contributed by atoms with Crippen molar-refractivity contribution in [2.24, 2.45) is 0 Å². The van der Waals surface area contributed by atoms with Crippen molar-refractivity contribution in [3.05, 3.63) is 47.6 Å². The Morgan fingerprint density at radius 3 is 2.59 bits per heavy atom. The van der Waals surface area contributed by atoms with Crippen LogP contribution < -0.4 is 31.1 Å². The summed E-state index contributed by atoms with van der Waals surface area (Å²) in [4.78, 5) is 13.5. The lowest BCUT2D eigenvalue weighted by atomic mass is 10.2. The lowest BCUT2D eigenvalue weighted by molar-refractivity contribution is 0.134. The number of hydrogen-bond acceptors (Lipinski definition) is 10. The van der Waals surface area contributed by atoms with Crippen LogP contribution >= 0.6 is 19.4 Å². The summed E-state index contributed by atoms with van der Waals surface area (Å²) < 4.78 is 23.7. The van der Waals surface area contributed by atoms with E-state index in [-0.39, 0.29) is 5.95 Å². The molecule has 1 atom stereocenters. The van der Waals surface area contributed by atoms with Gasteiger partial charge in [0, 0.05) is 44.1 Å². The Balaban J connectivity index is 1.46. The molecule has 0 radical (unpaired) electrons. The molecule has 1 aliphatic rings. The highest BCUT2D eigenvalue weighted by molar-refractivity contribution is 7.53. The van der Waals surface area contributed by atoms with Gasteiger partial charge in [0.1, 0.15) is 30.9 Å². The van der Waals surface area contributed by atoms with Crippen LogP contribution in [0, 0.1) is 0 Å². The highest BCUT2D eigenvalue weighted by Crippen LogP contribution is 2.36. The molecule has 1 aliphatic heterocycles. The summed E-state index contributed by atoms with van der Waals surface area (Å²) in [6.45, 7) is 7.24. The van der Waals surface area contributed by atoms with Gasteiger partial charge in [0.05, 0.1) is 30.4 Å². The van der Waals surface area contributed by atoms with Crippen molar-refractivity contribution in [2.45, 2.75) is 0 Å². The maximum atomic E-state index is 12.2.